The number of likely N-dealkylation sites (tertiary alicyclic amines) is 1. The number of carboxylic acid groups (broad SMARTS) is 1. The van der Waals surface area contributed by atoms with E-state index in [1.54, 1.807) is 11.8 Å². The quantitative estimate of drug-likeness (QED) is 0.807. The average molecular weight is 256 g/mol. The Morgan fingerprint density at radius 3 is 2.28 bits per heavy atom. The molecule has 1 rings (SSSR count). The predicted octanol–water partition coefficient (Wildman–Crippen LogP) is 1.93. The summed E-state index contributed by atoms with van der Waals surface area (Å²) in [7, 11) is 0. The second-order valence-corrected chi connectivity index (χ2v) is 5.32. The standard InChI is InChI=1S/C13H24N2O3/c1-4-11(12(16)17)14-13(18)15-7-5-10(6-8-15)9(2)3/h9-11H,4-8H2,1-3H3,(H,14,18)(H,16,17)/t11-/m0/s1. The van der Waals surface area contributed by atoms with E-state index >= 15 is 0 Å². The van der Waals surface area contributed by atoms with E-state index in [4.69, 9.17) is 5.11 Å². The molecule has 1 saturated heterocycles. The van der Waals surface area contributed by atoms with Crippen molar-refractivity contribution in [3.05, 3.63) is 0 Å². The largest absolute Gasteiger partial charge is 0.480 e. The van der Waals surface area contributed by atoms with E-state index in [1.807, 2.05) is 0 Å². The molecule has 0 aromatic carbocycles. The lowest BCUT2D eigenvalue weighted by atomic mass is 9.87. The van der Waals surface area contributed by atoms with Crippen LogP contribution < -0.4 is 5.32 Å². The maximum absolute atomic E-state index is 11.9. The lowest BCUT2D eigenvalue weighted by Gasteiger charge is -2.34. The number of carbonyl (C=O) groups excluding carboxylic acids is 1. The van der Waals surface area contributed by atoms with E-state index in [1.165, 1.54) is 0 Å². The lowest BCUT2D eigenvalue weighted by Crippen LogP contribution is -2.50. The minimum Gasteiger partial charge on any atom is -0.480 e. The number of hydrogen-bond acceptors (Lipinski definition) is 2. The highest BCUT2D eigenvalue weighted by atomic mass is 16.4. The van der Waals surface area contributed by atoms with Gasteiger partial charge >= 0.3 is 12.0 Å². The molecule has 5 nitrogen and oxygen atoms in total. The van der Waals surface area contributed by atoms with Crippen LogP contribution in [0.4, 0.5) is 4.79 Å². The fourth-order valence-corrected chi connectivity index (χ4v) is 2.35. The molecule has 1 atom stereocenters. The lowest BCUT2D eigenvalue weighted by molar-refractivity contribution is -0.139. The zero-order chi connectivity index (χ0) is 13.7. The summed E-state index contributed by atoms with van der Waals surface area (Å²) in [6.45, 7) is 7.62. The molecule has 1 aliphatic rings. The van der Waals surface area contributed by atoms with Gasteiger partial charge in [0.1, 0.15) is 6.04 Å². The predicted molar refractivity (Wildman–Crippen MR) is 69.4 cm³/mol. The van der Waals surface area contributed by atoms with Crippen molar-refractivity contribution in [1.82, 2.24) is 10.2 Å². The molecule has 1 heterocycles. The summed E-state index contributed by atoms with van der Waals surface area (Å²) in [6, 6.07) is -1.02. The number of nitrogens with one attached hydrogen (secondary N) is 1. The van der Waals surface area contributed by atoms with E-state index in [-0.39, 0.29) is 6.03 Å². The molecule has 0 saturated carbocycles. The number of carbonyl (C=O) groups is 2. The van der Waals surface area contributed by atoms with Gasteiger partial charge in [-0.3, -0.25) is 0 Å². The first-order valence-electron chi connectivity index (χ1n) is 6.74. The van der Waals surface area contributed by atoms with Gasteiger partial charge in [0.2, 0.25) is 0 Å². The second kappa shape index (κ2) is 6.61. The topological polar surface area (TPSA) is 69.6 Å². The second-order valence-electron chi connectivity index (χ2n) is 5.32. The Morgan fingerprint density at radius 2 is 1.89 bits per heavy atom. The van der Waals surface area contributed by atoms with Crippen LogP contribution in [0.2, 0.25) is 0 Å². The molecule has 2 N–H and O–H groups in total. The first-order valence-corrected chi connectivity index (χ1v) is 6.74. The number of nitrogens with zero attached hydrogens (tertiary/aromatic N) is 1. The van der Waals surface area contributed by atoms with Gasteiger partial charge in [-0.05, 0) is 31.1 Å². The summed E-state index contributed by atoms with van der Waals surface area (Å²) in [4.78, 5) is 24.5. The molecule has 0 radical (unpaired) electrons. The van der Waals surface area contributed by atoms with Crippen molar-refractivity contribution in [2.24, 2.45) is 11.8 Å². The molecular weight excluding hydrogens is 232 g/mol. The van der Waals surface area contributed by atoms with Crippen LogP contribution in [0.1, 0.15) is 40.0 Å². The highest BCUT2D eigenvalue weighted by Gasteiger charge is 2.26. The summed E-state index contributed by atoms with van der Waals surface area (Å²) < 4.78 is 0. The van der Waals surface area contributed by atoms with Gasteiger partial charge in [-0.2, -0.15) is 0 Å². The number of aliphatic carboxylic acids is 1. The summed E-state index contributed by atoms with van der Waals surface area (Å²) in [5.74, 6) is 0.357. The average Bonchev–Trinajstić information content (AvgIpc) is 2.35. The molecule has 0 aliphatic carbocycles. The van der Waals surface area contributed by atoms with Crippen LogP contribution in [0.25, 0.3) is 0 Å². The van der Waals surface area contributed by atoms with Crippen molar-refractivity contribution in [3.63, 3.8) is 0 Å². The summed E-state index contributed by atoms with van der Waals surface area (Å²) in [6.07, 6.45) is 2.42. The Morgan fingerprint density at radius 1 is 1.33 bits per heavy atom. The molecule has 0 spiro atoms. The molecule has 0 aromatic rings. The molecule has 1 aliphatic heterocycles. The van der Waals surface area contributed by atoms with Crippen LogP contribution in [0.15, 0.2) is 0 Å². The molecule has 0 unspecified atom stereocenters. The summed E-state index contributed by atoms with van der Waals surface area (Å²) in [5, 5.41) is 11.5. The van der Waals surface area contributed by atoms with Crippen LogP contribution in [0, 0.1) is 11.8 Å². The van der Waals surface area contributed by atoms with Crippen molar-refractivity contribution in [2.75, 3.05) is 13.1 Å². The fraction of sp³-hybridized carbons (Fsp3) is 0.846. The van der Waals surface area contributed by atoms with Crippen molar-refractivity contribution < 1.29 is 14.7 Å². The number of carboxylic acids is 1. The van der Waals surface area contributed by atoms with Gasteiger partial charge in [0, 0.05) is 13.1 Å². The van der Waals surface area contributed by atoms with E-state index in [9.17, 15) is 9.59 Å². The molecule has 0 bridgehead atoms. The van der Waals surface area contributed by atoms with Gasteiger partial charge in [0.05, 0.1) is 0 Å². The minimum absolute atomic E-state index is 0.244. The summed E-state index contributed by atoms with van der Waals surface area (Å²) in [5.41, 5.74) is 0. The van der Waals surface area contributed by atoms with E-state index in [2.05, 4.69) is 19.2 Å². The van der Waals surface area contributed by atoms with Crippen molar-refractivity contribution in [2.45, 2.75) is 46.1 Å². The van der Waals surface area contributed by atoms with Crippen molar-refractivity contribution in [1.29, 1.82) is 0 Å². The number of urea groups is 1. The van der Waals surface area contributed by atoms with Crippen LogP contribution in [-0.4, -0.2) is 41.1 Å². The Hall–Kier alpha value is -1.26. The Labute approximate surface area is 109 Å². The summed E-state index contributed by atoms with van der Waals surface area (Å²) >= 11 is 0. The minimum atomic E-state index is -0.970. The monoisotopic (exact) mass is 256 g/mol. The van der Waals surface area contributed by atoms with E-state index < -0.39 is 12.0 Å². The van der Waals surface area contributed by atoms with Crippen LogP contribution in [0.5, 0.6) is 0 Å². The van der Waals surface area contributed by atoms with Gasteiger partial charge in [0.25, 0.3) is 0 Å². The number of hydrogen-bond donors (Lipinski definition) is 2. The molecule has 1 fully saturated rings. The molecule has 18 heavy (non-hydrogen) atoms. The number of piperidine rings is 1. The Kier molecular flexibility index (Phi) is 5.44. The van der Waals surface area contributed by atoms with E-state index in [0.717, 1.165) is 25.9 Å². The Bertz CT molecular complexity index is 297. The molecule has 104 valence electrons. The van der Waals surface area contributed by atoms with Crippen LogP contribution in [-0.2, 0) is 4.79 Å². The normalized spacial score (nSPS) is 18.8. The third kappa shape index (κ3) is 3.89. The maximum atomic E-state index is 11.9. The molecule has 2 amide bonds. The maximum Gasteiger partial charge on any atom is 0.326 e. The van der Waals surface area contributed by atoms with E-state index in [0.29, 0.717) is 18.3 Å². The first-order chi connectivity index (χ1) is 8.45. The van der Waals surface area contributed by atoms with Crippen molar-refractivity contribution >= 4 is 12.0 Å². The molecular formula is C13H24N2O3. The van der Waals surface area contributed by atoms with Crippen LogP contribution >= 0.6 is 0 Å². The van der Waals surface area contributed by atoms with Gasteiger partial charge < -0.3 is 15.3 Å². The number of rotatable bonds is 4. The molecule has 5 heteroatoms. The van der Waals surface area contributed by atoms with Gasteiger partial charge in [0.15, 0.2) is 0 Å². The zero-order valence-electron chi connectivity index (χ0n) is 11.5. The van der Waals surface area contributed by atoms with Crippen molar-refractivity contribution in [3.8, 4) is 0 Å². The van der Waals surface area contributed by atoms with Gasteiger partial charge in [-0.1, -0.05) is 20.8 Å². The Balaban J connectivity index is 2.42. The molecule has 0 aromatic heterocycles. The third-order valence-corrected chi connectivity index (χ3v) is 3.77. The first kappa shape index (κ1) is 14.8. The SMILES string of the molecule is CC[C@H](NC(=O)N1CCC(C(C)C)CC1)C(=O)O. The fourth-order valence-electron chi connectivity index (χ4n) is 2.35. The number of amides is 2. The highest BCUT2D eigenvalue weighted by molar-refractivity contribution is 5.82. The van der Waals surface area contributed by atoms with Crippen LogP contribution in [0.3, 0.4) is 0 Å². The van der Waals surface area contributed by atoms with Gasteiger partial charge in [-0.15, -0.1) is 0 Å². The third-order valence-electron chi connectivity index (χ3n) is 3.77. The highest BCUT2D eigenvalue weighted by Crippen LogP contribution is 2.24. The zero-order valence-corrected chi connectivity index (χ0v) is 11.5. The smallest absolute Gasteiger partial charge is 0.326 e. The van der Waals surface area contributed by atoms with Gasteiger partial charge in [-0.25, -0.2) is 9.59 Å².